The second-order valence-corrected chi connectivity index (χ2v) is 8.64. The molecule has 0 bridgehead atoms. The molecule has 35 heavy (non-hydrogen) atoms. The number of halogens is 1. The topological polar surface area (TPSA) is 85.6 Å². The Hall–Kier alpha value is -3.78. The number of benzene rings is 2. The third kappa shape index (κ3) is 5.17. The van der Waals surface area contributed by atoms with Gasteiger partial charge in [0.1, 0.15) is 11.3 Å². The molecule has 0 aliphatic heterocycles. The molecule has 4 rings (SSSR count). The van der Waals surface area contributed by atoms with Gasteiger partial charge in [0.05, 0.1) is 12.6 Å². The molecule has 4 aromatic rings. The van der Waals surface area contributed by atoms with Gasteiger partial charge >= 0.3 is 0 Å². The summed E-state index contributed by atoms with van der Waals surface area (Å²) in [4.78, 5) is 28.9. The predicted octanol–water partition coefficient (Wildman–Crippen LogP) is 3.93. The van der Waals surface area contributed by atoms with E-state index in [9.17, 15) is 14.0 Å². The number of nitrogens with zero attached hydrogens (tertiary/aromatic N) is 4. The van der Waals surface area contributed by atoms with Crippen LogP contribution in [0.5, 0.6) is 0 Å². The number of hydrogen-bond donors (Lipinski definition) is 1. The maximum atomic E-state index is 13.7. The highest BCUT2D eigenvalue weighted by atomic mass is 19.1. The lowest BCUT2D eigenvalue weighted by Gasteiger charge is -2.32. The summed E-state index contributed by atoms with van der Waals surface area (Å²) in [5.74, 6) is -0.00642. The van der Waals surface area contributed by atoms with Gasteiger partial charge in [-0.2, -0.15) is 5.10 Å². The molecule has 1 amide bonds. The largest absolute Gasteiger partial charge is 0.330 e. The molecule has 2 aromatic heterocycles. The summed E-state index contributed by atoms with van der Waals surface area (Å²) in [6, 6.07) is 16.5. The van der Waals surface area contributed by atoms with E-state index in [1.165, 1.54) is 12.1 Å². The molecule has 0 radical (unpaired) electrons. The van der Waals surface area contributed by atoms with E-state index in [0.717, 1.165) is 11.1 Å². The van der Waals surface area contributed by atoms with E-state index in [-0.39, 0.29) is 23.8 Å². The molecule has 8 heteroatoms. The summed E-state index contributed by atoms with van der Waals surface area (Å²) in [7, 11) is 0. The molecule has 2 heterocycles. The Morgan fingerprint density at radius 1 is 1.11 bits per heavy atom. The highest BCUT2D eigenvalue weighted by Gasteiger charge is 2.29. The fourth-order valence-corrected chi connectivity index (χ4v) is 4.27. The molecule has 1 atom stereocenters. The summed E-state index contributed by atoms with van der Waals surface area (Å²) < 4.78 is 16.6. The number of rotatable bonds is 9. The average Bonchev–Trinajstić information content (AvgIpc) is 3.34. The minimum absolute atomic E-state index is 0.138. The van der Waals surface area contributed by atoms with E-state index in [1.54, 1.807) is 44.4 Å². The van der Waals surface area contributed by atoms with Gasteiger partial charge in [-0.25, -0.2) is 8.91 Å². The van der Waals surface area contributed by atoms with E-state index in [2.05, 4.69) is 0 Å². The zero-order chi connectivity index (χ0) is 24.9. The summed E-state index contributed by atoms with van der Waals surface area (Å²) in [6.07, 6.45) is 2.88. The Morgan fingerprint density at radius 3 is 2.49 bits per heavy atom. The lowest BCUT2D eigenvalue weighted by atomic mass is 10.1. The minimum atomic E-state index is -0.463. The van der Waals surface area contributed by atoms with Gasteiger partial charge in [-0.1, -0.05) is 36.8 Å². The monoisotopic (exact) mass is 475 g/mol. The molecule has 0 saturated carbocycles. The SMILES string of the molecule is CCC(c1nn2cccc2c(=O)n1Cc1ccc(F)cc1)N(CCCN)C(=O)c1ccc(C)cc1. The summed E-state index contributed by atoms with van der Waals surface area (Å²) >= 11 is 0. The van der Waals surface area contributed by atoms with Crippen molar-refractivity contribution in [3.8, 4) is 0 Å². The van der Waals surface area contributed by atoms with Gasteiger partial charge in [0.25, 0.3) is 11.5 Å². The van der Waals surface area contributed by atoms with Crippen molar-refractivity contribution in [2.24, 2.45) is 5.73 Å². The fourth-order valence-electron chi connectivity index (χ4n) is 4.27. The third-order valence-electron chi connectivity index (χ3n) is 6.16. The number of fused-ring (bicyclic) bond motifs is 1. The zero-order valence-corrected chi connectivity index (χ0v) is 20.0. The summed E-state index contributed by atoms with van der Waals surface area (Å²) in [5, 5.41) is 4.78. The van der Waals surface area contributed by atoms with E-state index < -0.39 is 6.04 Å². The van der Waals surface area contributed by atoms with Gasteiger partial charge in [-0.3, -0.25) is 14.2 Å². The smallest absolute Gasteiger partial charge is 0.278 e. The molecule has 0 fully saturated rings. The van der Waals surface area contributed by atoms with Crippen molar-refractivity contribution in [3.63, 3.8) is 0 Å². The van der Waals surface area contributed by atoms with Crippen molar-refractivity contribution in [3.05, 3.63) is 106 Å². The van der Waals surface area contributed by atoms with Crippen LogP contribution < -0.4 is 11.3 Å². The minimum Gasteiger partial charge on any atom is -0.330 e. The first-order valence-electron chi connectivity index (χ1n) is 11.8. The quantitative estimate of drug-likeness (QED) is 0.397. The number of carbonyl (C=O) groups excluding carboxylic acids is 1. The first-order chi connectivity index (χ1) is 16.9. The molecule has 0 aliphatic rings. The molecule has 1 unspecified atom stereocenters. The van der Waals surface area contributed by atoms with Crippen LogP contribution in [-0.4, -0.2) is 38.1 Å². The second kappa shape index (κ2) is 10.7. The van der Waals surface area contributed by atoms with Crippen LogP contribution in [0.4, 0.5) is 4.39 Å². The first kappa shape index (κ1) is 24.3. The Labute approximate surface area is 203 Å². The fraction of sp³-hybridized carbons (Fsp3) is 0.296. The van der Waals surface area contributed by atoms with Crippen LogP contribution in [-0.2, 0) is 6.54 Å². The summed E-state index contributed by atoms with van der Waals surface area (Å²) in [5.41, 5.74) is 8.42. The van der Waals surface area contributed by atoms with E-state index in [1.807, 2.05) is 38.1 Å². The molecule has 2 N–H and O–H groups in total. The van der Waals surface area contributed by atoms with Gasteiger partial charge < -0.3 is 10.6 Å². The van der Waals surface area contributed by atoms with Gasteiger partial charge in [0, 0.05) is 18.3 Å². The van der Waals surface area contributed by atoms with Crippen LogP contribution in [0.15, 0.2) is 71.7 Å². The number of carbonyl (C=O) groups is 1. The van der Waals surface area contributed by atoms with E-state index in [0.29, 0.717) is 42.8 Å². The number of hydrogen-bond acceptors (Lipinski definition) is 4. The molecule has 0 saturated heterocycles. The number of nitrogens with two attached hydrogens (primary N) is 1. The highest BCUT2D eigenvalue weighted by Crippen LogP contribution is 2.25. The molecule has 2 aromatic carbocycles. The van der Waals surface area contributed by atoms with Crippen molar-refractivity contribution in [1.82, 2.24) is 19.1 Å². The molecule has 182 valence electrons. The van der Waals surface area contributed by atoms with E-state index in [4.69, 9.17) is 10.8 Å². The molecule has 7 nitrogen and oxygen atoms in total. The zero-order valence-electron chi connectivity index (χ0n) is 20.0. The molecule has 0 aliphatic carbocycles. The van der Waals surface area contributed by atoms with Crippen LogP contribution in [0.3, 0.4) is 0 Å². The van der Waals surface area contributed by atoms with Crippen molar-refractivity contribution in [2.75, 3.05) is 13.1 Å². The van der Waals surface area contributed by atoms with Crippen LogP contribution in [0, 0.1) is 12.7 Å². The van der Waals surface area contributed by atoms with Crippen LogP contribution in [0.2, 0.25) is 0 Å². The molecular formula is C27H30FN5O2. The predicted molar refractivity (Wildman–Crippen MR) is 134 cm³/mol. The number of aromatic nitrogens is 3. The lowest BCUT2D eigenvalue weighted by Crippen LogP contribution is -2.40. The second-order valence-electron chi connectivity index (χ2n) is 8.64. The van der Waals surface area contributed by atoms with Gasteiger partial charge in [-0.15, -0.1) is 0 Å². The third-order valence-corrected chi connectivity index (χ3v) is 6.16. The Kier molecular flexibility index (Phi) is 7.41. The number of amides is 1. The Morgan fingerprint density at radius 2 is 1.83 bits per heavy atom. The van der Waals surface area contributed by atoms with Crippen molar-refractivity contribution in [2.45, 2.75) is 39.3 Å². The van der Waals surface area contributed by atoms with Gasteiger partial charge in [0.2, 0.25) is 0 Å². The van der Waals surface area contributed by atoms with Gasteiger partial charge in [0.15, 0.2) is 5.82 Å². The number of aryl methyl sites for hydroxylation is 1. The van der Waals surface area contributed by atoms with Crippen LogP contribution in [0.25, 0.3) is 5.52 Å². The molecule has 0 spiro atoms. The van der Waals surface area contributed by atoms with Crippen molar-refractivity contribution in [1.29, 1.82) is 0 Å². The lowest BCUT2D eigenvalue weighted by molar-refractivity contribution is 0.0653. The highest BCUT2D eigenvalue weighted by molar-refractivity contribution is 5.94. The molecular weight excluding hydrogens is 445 g/mol. The van der Waals surface area contributed by atoms with E-state index >= 15 is 0 Å². The Balaban J connectivity index is 1.83. The summed E-state index contributed by atoms with van der Waals surface area (Å²) in [6.45, 7) is 5.01. The standard InChI is InChI=1S/C27H30FN5O2/c1-3-23(31(16-5-15-29)26(34)21-11-7-19(2)8-12-21)25-30-33-17-4-6-24(33)27(35)32(25)18-20-9-13-22(28)14-10-20/h4,6-14,17,23H,3,5,15-16,18,29H2,1-2H3. The Bertz CT molecular complexity index is 1360. The van der Waals surface area contributed by atoms with Gasteiger partial charge in [-0.05, 0) is 68.3 Å². The van der Waals surface area contributed by atoms with Crippen molar-refractivity contribution >= 4 is 11.4 Å². The first-order valence-corrected chi connectivity index (χ1v) is 11.8. The van der Waals surface area contributed by atoms with Crippen LogP contribution >= 0.6 is 0 Å². The normalized spacial score (nSPS) is 12.1. The van der Waals surface area contributed by atoms with Crippen molar-refractivity contribution < 1.29 is 9.18 Å². The van der Waals surface area contributed by atoms with Crippen LogP contribution in [0.1, 0.15) is 53.1 Å². The maximum absolute atomic E-state index is 13.7. The maximum Gasteiger partial charge on any atom is 0.278 e. The average molecular weight is 476 g/mol.